The molecule has 3 N–H and O–H groups in total. The molecule has 1 aromatic rings. The molecule has 0 spiro atoms. The summed E-state index contributed by atoms with van der Waals surface area (Å²) in [6.45, 7) is 0.909. The fourth-order valence-corrected chi connectivity index (χ4v) is 1.44. The summed E-state index contributed by atoms with van der Waals surface area (Å²) in [5.41, 5.74) is 5.83. The zero-order chi connectivity index (χ0) is 10.6. The number of carbonyl (C=O) groups is 1. The summed E-state index contributed by atoms with van der Waals surface area (Å²) in [5, 5.41) is 3.26. The van der Waals surface area contributed by atoms with Crippen molar-refractivity contribution < 1.29 is 4.79 Å². The van der Waals surface area contributed by atoms with E-state index in [1.54, 1.807) is 18.2 Å². The molecule has 0 heterocycles. The Labute approximate surface area is 101 Å². The van der Waals surface area contributed by atoms with E-state index in [4.69, 9.17) is 17.3 Å². The molecule has 0 aliphatic rings. The summed E-state index contributed by atoms with van der Waals surface area (Å²) in [5.74, 6) is -0.145. The number of halogens is 2. The molecule has 0 atom stereocenters. The van der Waals surface area contributed by atoms with Crippen LogP contribution in [0, 0.1) is 3.57 Å². The lowest BCUT2D eigenvalue weighted by molar-refractivity contribution is 0.0955. The second-order valence-electron chi connectivity index (χ2n) is 2.67. The fourth-order valence-electron chi connectivity index (χ4n) is 0.925. The molecule has 14 heavy (non-hydrogen) atoms. The zero-order valence-electron chi connectivity index (χ0n) is 7.39. The van der Waals surface area contributed by atoms with Gasteiger partial charge in [0.15, 0.2) is 0 Å². The average Bonchev–Trinajstić information content (AvgIpc) is 2.18. The minimum absolute atomic E-state index is 0.145. The third kappa shape index (κ3) is 3.11. The first kappa shape index (κ1) is 11.7. The number of hydrogen-bond donors (Lipinski definition) is 2. The van der Waals surface area contributed by atoms with Crippen molar-refractivity contribution in [1.82, 2.24) is 5.32 Å². The lowest BCUT2D eigenvalue weighted by Crippen LogP contribution is -2.28. The van der Waals surface area contributed by atoms with Gasteiger partial charge in [-0.1, -0.05) is 11.6 Å². The van der Waals surface area contributed by atoms with Crippen LogP contribution in [0.5, 0.6) is 0 Å². The monoisotopic (exact) mass is 324 g/mol. The van der Waals surface area contributed by atoms with Crippen LogP contribution in [0.3, 0.4) is 0 Å². The van der Waals surface area contributed by atoms with E-state index < -0.39 is 0 Å². The molecule has 1 amide bonds. The van der Waals surface area contributed by atoms with Gasteiger partial charge in [0.25, 0.3) is 5.91 Å². The highest BCUT2D eigenvalue weighted by Gasteiger charge is 2.06. The first-order chi connectivity index (χ1) is 6.65. The Bertz CT molecular complexity index is 344. The average molecular weight is 325 g/mol. The maximum Gasteiger partial charge on any atom is 0.251 e. The van der Waals surface area contributed by atoms with Crippen LogP contribution in [0.2, 0.25) is 5.02 Å². The molecule has 0 saturated carbocycles. The maximum absolute atomic E-state index is 11.4. The smallest absolute Gasteiger partial charge is 0.251 e. The Balaban J connectivity index is 2.76. The molecular weight excluding hydrogens is 314 g/mol. The normalized spacial score (nSPS) is 9.93. The Morgan fingerprint density at radius 2 is 2.29 bits per heavy atom. The topological polar surface area (TPSA) is 55.1 Å². The minimum Gasteiger partial charge on any atom is -0.351 e. The van der Waals surface area contributed by atoms with Gasteiger partial charge in [-0.25, -0.2) is 0 Å². The van der Waals surface area contributed by atoms with Gasteiger partial charge in [0.2, 0.25) is 0 Å². The van der Waals surface area contributed by atoms with E-state index in [2.05, 4.69) is 27.9 Å². The highest BCUT2D eigenvalue weighted by Crippen LogP contribution is 2.19. The lowest BCUT2D eigenvalue weighted by Gasteiger charge is -2.04. The summed E-state index contributed by atoms with van der Waals surface area (Å²) in [6, 6.07) is 5.19. The number of amides is 1. The Hall–Kier alpha value is -0.330. The summed E-state index contributed by atoms with van der Waals surface area (Å²) in [7, 11) is 0. The summed E-state index contributed by atoms with van der Waals surface area (Å²) in [6.07, 6.45) is 0. The van der Waals surface area contributed by atoms with E-state index in [9.17, 15) is 4.79 Å². The molecule has 76 valence electrons. The molecule has 0 aromatic heterocycles. The van der Waals surface area contributed by atoms with Crippen molar-refractivity contribution in [1.29, 1.82) is 0 Å². The van der Waals surface area contributed by atoms with Gasteiger partial charge in [-0.3, -0.25) is 4.79 Å². The number of benzene rings is 1. The van der Waals surface area contributed by atoms with Gasteiger partial charge in [-0.05, 0) is 40.8 Å². The number of nitrogens with one attached hydrogen (secondary N) is 1. The van der Waals surface area contributed by atoms with E-state index in [0.717, 1.165) is 3.57 Å². The molecule has 0 fully saturated rings. The van der Waals surface area contributed by atoms with Crippen molar-refractivity contribution in [3.8, 4) is 0 Å². The van der Waals surface area contributed by atoms with Crippen molar-refractivity contribution in [3.63, 3.8) is 0 Å². The van der Waals surface area contributed by atoms with Crippen LogP contribution >= 0.6 is 34.2 Å². The van der Waals surface area contributed by atoms with E-state index in [1.807, 2.05) is 0 Å². The van der Waals surface area contributed by atoms with Gasteiger partial charge in [-0.15, -0.1) is 0 Å². The van der Waals surface area contributed by atoms with Crippen LogP contribution in [-0.2, 0) is 0 Å². The largest absolute Gasteiger partial charge is 0.351 e. The standard InChI is InChI=1S/C9H10ClIN2O/c10-7-5-6(1-2-8(7)11)9(14)13-4-3-12/h1-2,5H,3-4,12H2,(H,13,14). The molecule has 1 rings (SSSR count). The van der Waals surface area contributed by atoms with Crippen LogP contribution in [0.1, 0.15) is 10.4 Å². The molecule has 0 saturated heterocycles. The third-order valence-corrected chi connectivity index (χ3v) is 3.18. The van der Waals surface area contributed by atoms with Gasteiger partial charge in [0.05, 0.1) is 5.02 Å². The zero-order valence-corrected chi connectivity index (χ0v) is 10.3. The SMILES string of the molecule is NCCNC(=O)c1ccc(I)c(Cl)c1. The van der Waals surface area contributed by atoms with Crippen molar-refractivity contribution in [2.24, 2.45) is 5.73 Å². The summed E-state index contributed by atoms with van der Waals surface area (Å²) < 4.78 is 0.930. The van der Waals surface area contributed by atoms with Crippen LogP contribution in [0.15, 0.2) is 18.2 Å². The van der Waals surface area contributed by atoms with E-state index in [-0.39, 0.29) is 5.91 Å². The number of nitrogens with two attached hydrogens (primary N) is 1. The Morgan fingerprint density at radius 1 is 1.57 bits per heavy atom. The molecule has 0 radical (unpaired) electrons. The molecule has 0 aliphatic heterocycles. The van der Waals surface area contributed by atoms with Gasteiger partial charge >= 0.3 is 0 Å². The van der Waals surface area contributed by atoms with E-state index in [0.29, 0.717) is 23.7 Å². The lowest BCUT2D eigenvalue weighted by atomic mass is 10.2. The molecule has 1 aromatic carbocycles. The minimum atomic E-state index is -0.145. The van der Waals surface area contributed by atoms with Crippen molar-refractivity contribution in [2.45, 2.75) is 0 Å². The molecule has 0 aliphatic carbocycles. The first-order valence-electron chi connectivity index (χ1n) is 4.08. The second-order valence-corrected chi connectivity index (χ2v) is 4.24. The van der Waals surface area contributed by atoms with Gasteiger partial charge < -0.3 is 11.1 Å². The van der Waals surface area contributed by atoms with E-state index in [1.165, 1.54) is 0 Å². The number of hydrogen-bond acceptors (Lipinski definition) is 2. The fraction of sp³-hybridized carbons (Fsp3) is 0.222. The predicted octanol–water partition coefficient (Wildman–Crippen LogP) is 1.63. The highest BCUT2D eigenvalue weighted by molar-refractivity contribution is 14.1. The summed E-state index contributed by atoms with van der Waals surface area (Å²) >= 11 is 7.99. The van der Waals surface area contributed by atoms with Gasteiger partial charge in [0, 0.05) is 22.2 Å². The number of rotatable bonds is 3. The first-order valence-corrected chi connectivity index (χ1v) is 5.54. The molecular formula is C9H10ClIN2O. The number of carbonyl (C=O) groups excluding carboxylic acids is 1. The second kappa shape index (κ2) is 5.53. The molecule has 3 nitrogen and oxygen atoms in total. The Kier molecular flexibility index (Phi) is 4.64. The quantitative estimate of drug-likeness (QED) is 0.831. The third-order valence-electron chi connectivity index (χ3n) is 1.61. The molecule has 5 heteroatoms. The van der Waals surface area contributed by atoms with E-state index >= 15 is 0 Å². The van der Waals surface area contributed by atoms with Crippen LogP contribution in [0.25, 0.3) is 0 Å². The van der Waals surface area contributed by atoms with Crippen LogP contribution in [-0.4, -0.2) is 19.0 Å². The predicted molar refractivity (Wildman–Crippen MR) is 65.6 cm³/mol. The van der Waals surface area contributed by atoms with Crippen LogP contribution < -0.4 is 11.1 Å². The van der Waals surface area contributed by atoms with Crippen molar-refractivity contribution >= 4 is 40.1 Å². The van der Waals surface area contributed by atoms with Crippen molar-refractivity contribution in [3.05, 3.63) is 32.4 Å². The summed E-state index contributed by atoms with van der Waals surface area (Å²) in [4.78, 5) is 11.4. The highest BCUT2D eigenvalue weighted by atomic mass is 127. The van der Waals surface area contributed by atoms with Crippen LogP contribution in [0.4, 0.5) is 0 Å². The molecule has 0 unspecified atom stereocenters. The molecule has 0 bridgehead atoms. The Morgan fingerprint density at radius 3 is 2.86 bits per heavy atom. The van der Waals surface area contributed by atoms with Gasteiger partial charge in [0.1, 0.15) is 0 Å². The van der Waals surface area contributed by atoms with Gasteiger partial charge in [-0.2, -0.15) is 0 Å². The van der Waals surface area contributed by atoms with Crippen molar-refractivity contribution in [2.75, 3.05) is 13.1 Å². The maximum atomic E-state index is 11.4.